The summed E-state index contributed by atoms with van der Waals surface area (Å²) in [4.78, 5) is 13.3. The Morgan fingerprint density at radius 3 is 2.12 bits per heavy atom. The highest BCUT2D eigenvalue weighted by atomic mass is 19.3. The zero-order valence-electron chi connectivity index (χ0n) is 20.4. The molecule has 214 valence electrons. The molecule has 0 saturated carbocycles. The fourth-order valence-corrected chi connectivity index (χ4v) is 4.43. The van der Waals surface area contributed by atoms with Gasteiger partial charge in [-0.25, -0.2) is 17.6 Å². The maximum atomic E-state index is 14.6. The van der Waals surface area contributed by atoms with Crippen molar-refractivity contribution in [3.8, 4) is 11.5 Å². The molecule has 0 spiro atoms. The molecule has 0 saturated heterocycles. The predicted octanol–water partition coefficient (Wildman–Crippen LogP) is 6.43. The molecule has 1 heterocycles. The number of halogens is 8. The van der Waals surface area contributed by atoms with Gasteiger partial charge in [-0.05, 0) is 47.7 Å². The van der Waals surface area contributed by atoms with Crippen molar-refractivity contribution in [2.75, 3.05) is 0 Å². The van der Waals surface area contributed by atoms with Crippen LogP contribution >= 0.6 is 0 Å². The van der Waals surface area contributed by atoms with Crippen LogP contribution in [0.5, 0.6) is 11.5 Å². The molecule has 0 fully saturated rings. The molecule has 41 heavy (non-hydrogen) atoms. The van der Waals surface area contributed by atoms with Gasteiger partial charge in [0.2, 0.25) is 0 Å². The van der Waals surface area contributed by atoms with E-state index in [1.807, 2.05) is 0 Å². The van der Waals surface area contributed by atoms with Crippen LogP contribution in [0.1, 0.15) is 27.6 Å². The van der Waals surface area contributed by atoms with E-state index in [-0.39, 0.29) is 21.9 Å². The van der Waals surface area contributed by atoms with Crippen molar-refractivity contribution in [3.05, 3.63) is 107 Å². The van der Waals surface area contributed by atoms with E-state index in [4.69, 9.17) is 0 Å². The van der Waals surface area contributed by atoms with Gasteiger partial charge in [-0.3, -0.25) is 4.79 Å². The molecule has 13 heteroatoms. The van der Waals surface area contributed by atoms with E-state index < -0.39 is 77.0 Å². The molecule has 5 rings (SSSR count). The van der Waals surface area contributed by atoms with Crippen molar-refractivity contribution in [3.63, 3.8) is 0 Å². The molecule has 0 bridgehead atoms. The minimum absolute atomic E-state index is 0.00433. The Kier molecular flexibility index (Phi) is 7.02. The van der Waals surface area contributed by atoms with E-state index in [1.165, 1.54) is 24.3 Å². The fraction of sp³-hybridized carbons (Fsp3) is 0.179. The molecule has 0 radical (unpaired) electrons. The molecule has 4 aromatic carbocycles. The minimum Gasteiger partial charge on any atom is -0.421 e. The molecule has 1 amide bonds. The lowest BCUT2D eigenvalue weighted by molar-refractivity contribution is -0.391. The summed E-state index contributed by atoms with van der Waals surface area (Å²) in [5.41, 5.74) is -0.805. The Morgan fingerprint density at radius 2 is 1.41 bits per heavy atom. The smallest absolute Gasteiger partial charge is 0.421 e. The summed E-state index contributed by atoms with van der Waals surface area (Å²) in [6, 6.07) is 10.7. The van der Waals surface area contributed by atoms with E-state index in [9.17, 15) is 45.0 Å². The lowest BCUT2D eigenvalue weighted by Gasteiger charge is -2.32. The number of aliphatic hydroxyl groups excluding tert-OH is 1. The van der Waals surface area contributed by atoms with E-state index in [1.54, 1.807) is 0 Å². The first kappa shape index (κ1) is 28.1. The van der Waals surface area contributed by atoms with Crippen LogP contribution in [0.4, 0.5) is 35.1 Å². The number of alkyl halides is 4. The lowest BCUT2D eigenvalue weighted by Crippen LogP contribution is -2.52. The highest BCUT2D eigenvalue weighted by molar-refractivity contribution is 6.07. The van der Waals surface area contributed by atoms with E-state index in [2.05, 4.69) is 14.8 Å². The summed E-state index contributed by atoms with van der Waals surface area (Å²) < 4.78 is 119. The fourth-order valence-electron chi connectivity index (χ4n) is 4.43. The second kappa shape index (κ2) is 10.2. The maximum Gasteiger partial charge on any atom is 0.507 e. The van der Waals surface area contributed by atoms with Crippen LogP contribution in [0, 0.1) is 23.3 Å². The van der Waals surface area contributed by atoms with Gasteiger partial charge in [0.1, 0.15) is 11.9 Å². The topological polar surface area (TPSA) is 67.8 Å². The van der Waals surface area contributed by atoms with Crippen LogP contribution in [0.25, 0.3) is 10.8 Å². The third-order valence-corrected chi connectivity index (χ3v) is 6.48. The highest BCUT2D eigenvalue weighted by Crippen LogP contribution is 2.47. The number of nitrogens with one attached hydrogen (secondary N) is 1. The molecule has 5 nitrogen and oxygen atoms in total. The van der Waals surface area contributed by atoms with Gasteiger partial charge in [-0.15, -0.1) is 0 Å². The van der Waals surface area contributed by atoms with Crippen LogP contribution < -0.4 is 14.8 Å². The SMILES string of the molecule is O=C(NC(Cc1ccc2c(c1)OC(F)(F)C(F)(F)O2)C(O)c1ccc(F)c(F)c1F)c1ccc(F)c2ccccc12. The van der Waals surface area contributed by atoms with Crippen LogP contribution in [0.15, 0.2) is 66.7 Å². The van der Waals surface area contributed by atoms with Gasteiger partial charge in [0.15, 0.2) is 29.0 Å². The Bertz CT molecular complexity index is 1660. The second-order valence-corrected chi connectivity index (χ2v) is 9.15. The molecular weight excluding hydrogens is 566 g/mol. The summed E-state index contributed by atoms with van der Waals surface area (Å²) in [6.07, 6.45) is -12.5. The van der Waals surface area contributed by atoms with Crippen LogP contribution in [-0.2, 0) is 6.42 Å². The van der Waals surface area contributed by atoms with Gasteiger partial charge in [-0.2, -0.15) is 17.6 Å². The van der Waals surface area contributed by atoms with E-state index in [0.29, 0.717) is 6.07 Å². The van der Waals surface area contributed by atoms with Gasteiger partial charge < -0.3 is 19.9 Å². The van der Waals surface area contributed by atoms with Gasteiger partial charge >= 0.3 is 12.2 Å². The highest BCUT2D eigenvalue weighted by Gasteiger charge is 2.65. The number of aliphatic hydroxyl groups is 1. The van der Waals surface area contributed by atoms with Crippen molar-refractivity contribution in [1.82, 2.24) is 5.32 Å². The van der Waals surface area contributed by atoms with E-state index >= 15 is 0 Å². The Balaban J connectivity index is 1.52. The van der Waals surface area contributed by atoms with Gasteiger partial charge in [-0.1, -0.05) is 36.4 Å². The van der Waals surface area contributed by atoms with Gasteiger partial charge in [0.05, 0.1) is 6.04 Å². The largest absolute Gasteiger partial charge is 0.507 e. The summed E-state index contributed by atoms with van der Waals surface area (Å²) in [5, 5.41) is 13.7. The third-order valence-electron chi connectivity index (χ3n) is 6.48. The molecule has 4 aromatic rings. The number of amides is 1. The second-order valence-electron chi connectivity index (χ2n) is 9.15. The third kappa shape index (κ3) is 5.12. The van der Waals surface area contributed by atoms with Crippen LogP contribution in [-0.4, -0.2) is 29.3 Å². The van der Waals surface area contributed by atoms with Gasteiger partial charge in [0.25, 0.3) is 5.91 Å². The maximum absolute atomic E-state index is 14.6. The molecule has 2 unspecified atom stereocenters. The minimum atomic E-state index is -5.02. The first-order valence-electron chi connectivity index (χ1n) is 11.8. The molecule has 2 N–H and O–H groups in total. The number of ether oxygens (including phenoxy) is 2. The quantitative estimate of drug-likeness (QED) is 0.203. The normalized spacial score (nSPS) is 16.7. The number of fused-ring (bicyclic) bond motifs is 2. The van der Waals surface area contributed by atoms with Crippen LogP contribution in [0.2, 0.25) is 0 Å². The molecule has 0 aliphatic carbocycles. The first-order chi connectivity index (χ1) is 19.3. The Hall–Kier alpha value is -4.39. The molecule has 1 aliphatic heterocycles. The Labute approximate surface area is 225 Å². The number of rotatable bonds is 6. The average molecular weight is 583 g/mol. The zero-order chi connectivity index (χ0) is 29.7. The summed E-state index contributed by atoms with van der Waals surface area (Å²) in [6.45, 7) is 0. The molecule has 2 atom stereocenters. The first-order valence-corrected chi connectivity index (χ1v) is 11.8. The number of hydrogen-bond acceptors (Lipinski definition) is 4. The standard InChI is InChI=1S/C28H17F8NO4/c29-18-8-6-16(14-3-1-2-4-15(14)18)26(39)37-20(25(38)17-7-9-19(30)24(32)23(17)31)11-13-5-10-21-22(12-13)41-28(35,36)27(33,34)40-21/h1-10,12,20,25,38H,11H2,(H,37,39). The van der Waals surface area contributed by atoms with Crippen molar-refractivity contribution < 1.29 is 54.5 Å². The number of carbonyl (C=O) groups excluding carboxylic acids is 1. The average Bonchev–Trinajstić information content (AvgIpc) is 2.92. The lowest BCUT2D eigenvalue weighted by atomic mass is 9.94. The number of carbonyl (C=O) groups is 1. The van der Waals surface area contributed by atoms with E-state index in [0.717, 1.165) is 36.4 Å². The summed E-state index contributed by atoms with van der Waals surface area (Å²) >= 11 is 0. The van der Waals surface area contributed by atoms with Crippen LogP contribution in [0.3, 0.4) is 0 Å². The predicted molar refractivity (Wildman–Crippen MR) is 128 cm³/mol. The molecule has 0 aromatic heterocycles. The van der Waals surface area contributed by atoms with Crippen molar-refractivity contribution in [2.24, 2.45) is 0 Å². The Morgan fingerprint density at radius 1 is 0.780 bits per heavy atom. The number of hydrogen-bond donors (Lipinski definition) is 2. The van der Waals surface area contributed by atoms with Crippen molar-refractivity contribution in [1.29, 1.82) is 0 Å². The summed E-state index contributed by atoms with van der Waals surface area (Å²) in [7, 11) is 0. The van der Waals surface area contributed by atoms with Crippen molar-refractivity contribution >= 4 is 16.7 Å². The molecule has 1 aliphatic rings. The number of benzene rings is 4. The van der Waals surface area contributed by atoms with Gasteiger partial charge in [0, 0.05) is 16.5 Å². The monoisotopic (exact) mass is 583 g/mol. The summed E-state index contributed by atoms with van der Waals surface area (Å²) in [5.74, 6) is -8.21. The van der Waals surface area contributed by atoms with Crippen molar-refractivity contribution in [2.45, 2.75) is 30.8 Å². The molecular formula is C28H17F8NO4. The zero-order valence-corrected chi connectivity index (χ0v) is 20.4.